The SMILES string of the molecule is CCc1ccc(CN(CC(O)COc2ccc(C)cc2C)CC2CCCO2)cc1. The highest BCUT2D eigenvalue weighted by molar-refractivity contribution is 5.35. The Morgan fingerprint density at radius 3 is 2.55 bits per heavy atom. The Morgan fingerprint density at radius 2 is 1.90 bits per heavy atom. The van der Waals surface area contributed by atoms with Crippen LogP contribution in [-0.2, 0) is 17.7 Å². The van der Waals surface area contributed by atoms with E-state index in [0.717, 1.165) is 50.3 Å². The standard InChI is InChI=1S/C25H35NO3/c1-4-21-8-10-22(11-9-21)15-26(17-24-6-5-13-28-24)16-23(27)18-29-25-12-7-19(2)14-20(25)3/h7-12,14,23-24,27H,4-6,13,15-18H2,1-3H3. The van der Waals surface area contributed by atoms with Gasteiger partial charge in [0.05, 0.1) is 6.10 Å². The fraction of sp³-hybridized carbons (Fsp3) is 0.520. The number of hydrogen-bond acceptors (Lipinski definition) is 4. The average molecular weight is 398 g/mol. The van der Waals surface area contributed by atoms with E-state index >= 15 is 0 Å². The Morgan fingerprint density at radius 1 is 1.14 bits per heavy atom. The largest absolute Gasteiger partial charge is 0.491 e. The summed E-state index contributed by atoms with van der Waals surface area (Å²) in [6.45, 7) is 9.65. The number of aryl methyl sites for hydroxylation is 3. The molecular formula is C25H35NO3. The van der Waals surface area contributed by atoms with Crippen molar-refractivity contribution in [3.63, 3.8) is 0 Å². The number of nitrogens with zero attached hydrogens (tertiary/aromatic N) is 1. The van der Waals surface area contributed by atoms with E-state index in [4.69, 9.17) is 9.47 Å². The molecule has 0 aliphatic carbocycles. The maximum absolute atomic E-state index is 10.7. The Kier molecular flexibility index (Phi) is 8.10. The zero-order valence-corrected chi connectivity index (χ0v) is 18.1. The number of hydrogen-bond donors (Lipinski definition) is 1. The van der Waals surface area contributed by atoms with Crippen LogP contribution in [0.15, 0.2) is 42.5 Å². The lowest BCUT2D eigenvalue weighted by Crippen LogP contribution is -2.39. The summed E-state index contributed by atoms with van der Waals surface area (Å²) >= 11 is 0. The number of ether oxygens (including phenoxy) is 2. The molecule has 158 valence electrons. The van der Waals surface area contributed by atoms with Crippen molar-refractivity contribution in [2.75, 3.05) is 26.3 Å². The second-order valence-electron chi connectivity index (χ2n) is 8.23. The van der Waals surface area contributed by atoms with Crippen molar-refractivity contribution in [1.29, 1.82) is 0 Å². The van der Waals surface area contributed by atoms with E-state index in [9.17, 15) is 5.11 Å². The summed E-state index contributed by atoms with van der Waals surface area (Å²) < 4.78 is 11.7. The molecule has 1 saturated heterocycles. The molecule has 4 nitrogen and oxygen atoms in total. The van der Waals surface area contributed by atoms with Crippen LogP contribution in [0.25, 0.3) is 0 Å². The molecule has 0 spiro atoms. The molecule has 4 heteroatoms. The van der Waals surface area contributed by atoms with Gasteiger partial charge < -0.3 is 14.6 Å². The summed E-state index contributed by atoms with van der Waals surface area (Å²) in [5, 5.41) is 10.7. The van der Waals surface area contributed by atoms with Crippen molar-refractivity contribution >= 4 is 0 Å². The number of aliphatic hydroxyl groups excluding tert-OH is 1. The molecule has 0 radical (unpaired) electrons. The summed E-state index contributed by atoms with van der Waals surface area (Å²) in [6, 6.07) is 14.9. The van der Waals surface area contributed by atoms with Crippen LogP contribution in [0.5, 0.6) is 5.75 Å². The molecule has 29 heavy (non-hydrogen) atoms. The molecule has 0 bridgehead atoms. The lowest BCUT2D eigenvalue weighted by atomic mass is 10.1. The topological polar surface area (TPSA) is 41.9 Å². The van der Waals surface area contributed by atoms with Crippen molar-refractivity contribution in [3.05, 3.63) is 64.7 Å². The van der Waals surface area contributed by atoms with Crippen LogP contribution in [0.3, 0.4) is 0 Å². The number of benzene rings is 2. The van der Waals surface area contributed by atoms with Crippen LogP contribution in [0.1, 0.15) is 42.0 Å². The van der Waals surface area contributed by atoms with Gasteiger partial charge in [-0.05, 0) is 55.9 Å². The van der Waals surface area contributed by atoms with Crippen molar-refractivity contribution in [2.45, 2.75) is 58.8 Å². The Labute approximate surface area is 175 Å². The summed E-state index contributed by atoms with van der Waals surface area (Å²) in [5.74, 6) is 0.843. The fourth-order valence-corrected chi connectivity index (χ4v) is 3.92. The van der Waals surface area contributed by atoms with E-state index in [2.05, 4.69) is 49.1 Å². The van der Waals surface area contributed by atoms with Crippen LogP contribution in [-0.4, -0.2) is 48.5 Å². The summed E-state index contributed by atoms with van der Waals surface area (Å²) in [5.41, 5.74) is 4.93. The molecule has 2 aromatic carbocycles. The van der Waals surface area contributed by atoms with E-state index in [0.29, 0.717) is 13.2 Å². The fourth-order valence-electron chi connectivity index (χ4n) is 3.92. The predicted octanol–water partition coefficient (Wildman–Crippen LogP) is 4.29. The first-order valence-corrected chi connectivity index (χ1v) is 10.8. The number of aliphatic hydroxyl groups is 1. The molecule has 1 N–H and O–H groups in total. The van der Waals surface area contributed by atoms with Gasteiger partial charge >= 0.3 is 0 Å². The second kappa shape index (κ2) is 10.8. The quantitative estimate of drug-likeness (QED) is 0.650. The zero-order chi connectivity index (χ0) is 20.6. The molecule has 1 aliphatic heterocycles. The lowest BCUT2D eigenvalue weighted by Gasteiger charge is -2.27. The first-order chi connectivity index (χ1) is 14.0. The first-order valence-electron chi connectivity index (χ1n) is 10.8. The van der Waals surface area contributed by atoms with Crippen LogP contribution < -0.4 is 4.74 Å². The van der Waals surface area contributed by atoms with E-state index < -0.39 is 6.10 Å². The molecule has 1 fully saturated rings. The minimum atomic E-state index is -0.549. The maximum Gasteiger partial charge on any atom is 0.122 e. The maximum atomic E-state index is 10.7. The van der Waals surface area contributed by atoms with Gasteiger partial charge in [0, 0.05) is 26.2 Å². The van der Waals surface area contributed by atoms with E-state index in [-0.39, 0.29) is 6.10 Å². The molecule has 0 saturated carbocycles. The monoisotopic (exact) mass is 397 g/mol. The first kappa shape index (κ1) is 21.8. The van der Waals surface area contributed by atoms with Crippen LogP contribution in [0.2, 0.25) is 0 Å². The van der Waals surface area contributed by atoms with Crippen molar-refractivity contribution < 1.29 is 14.6 Å². The Hall–Kier alpha value is -1.88. The van der Waals surface area contributed by atoms with E-state index in [1.807, 2.05) is 19.1 Å². The molecule has 2 unspecified atom stereocenters. The summed E-state index contributed by atoms with van der Waals surface area (Å²) in [7, 11) is 0. The molecule has 1 aliphatic rings. The highest BCUT2D eigenvalue weighted by Crippen LogP contribution is 2.20. The predicted molar refractivity (Wildman–Crippen MR) is 117 cm³/mol. The molecule has 0 aromatic heterocycles. The van der Waals surface area contributed by atoms with Crippen molar-refractivity contribution in [3.8, 4) is 5.75 Å². The summed E-state index contributed by atoms with van der Waals surface area (Å²) in [6.07, 6.45) is 2.99. The van der Waals surface area contributed by atoms with Crippen LogP contribution in [0, 0.1) is 13.8 Å². The van der Waals surface area contributed by atoms with Crippen molar-refractivity contribution in [2.24, 2.45) is 0 Å². The molecule has 1 heterocycles. The highest BCUT2D eigenvalue weighted by Gasteiger charge is 2.21. The van der Waals surface area contributed by atoms with E-state index in [1.54, 1.807) is 0 Å². The van der Waals surface area contributed by atoms with Gasteiger partial charge in [0.25, 0.3) is 0 Å². The second-order valence-corrected chi connectivity index (χ2v) is 8.23. The molecule has 2 aromatic rings. The molecular weight excluding hydrogens is 362 g/mol. The van der Waals surface area contributed by atoms with Gasteiger partial charge in [0.15, 0.2) is 0 Å². The Bertz CT molecular complexity index is 753. The van der Waals surface area contributed by atoms with Gasteiger partial charge in [-0.3, -0.25) is 4.90 Å². The van der Waals surface area contributed by atoms with Gasteiger partial charge in [-0.2, -0.15) is 0 Å². The molecule has 3 rings (SSSR count). The summed E-state index contributed by atoms with van der Waals surface area (Å²) in [4.78, 5) is 2.30. The third kappa shape index (κ3) is 6.84. The average Bonchev–Trinajstić information content (AvgIpc) is 3.21. The Balaban J connectivity index is 1.58. The van der Waals surface area contributed by atoms with Gasteiger partial charge in [-0.25, -0.2) is 0 Å². The molecule has 2 atom stereocenters. The zero-order valence-electron chi connectivity index (χ0n) is 18.1. The highest BCUT2D eigenvalue weighted by atomic mass is 16.5. The minimum Gasteiger partial charge on any atom is -0.491 e. The number of rotatable bonds is 10. The van der Waals surface area contributed by atoms with Gasteiger partial charge in [-0.15, -0.1) is 0 Å². The van der Waals surface area contributed by atoms with Crippen molar-refractivity contribution in [1.82, 2.24) is 4.90 Å². The van der Waals surface area contributed by atoms with E-state index in [1.165, 1.54) is 16.7 Å². The van der Waals surface area contributed by atoms with Crippen LogP contribution >= 0.6 is 0 Å². The lowest BCUT2D eigenvalue weighted by molar-refractivity contribution is 0.0313. The molecule has 0 amide bonds. The van der Waals surface area contributed by atoms with Gasteiger partial charge in [0.1, 0.15) is 18.5 Å². The van der Waals surface area contributed by atoms with Gasteiger partial charge in [-0.1, -0.05) is 48.9 Å². The smallest absolute Gasteiger partial charge is 0.122 e. The normalized spacial score (nSPS) is 17.6. The third-order valence-corrected chi connectivity index (χ3v) is 5.55. The third-order valence-electron chi connectivity index (χ3n) is 5.55. The minimum absolute atomic E-state index is 0.261. The van der Waals surface area contributed by atoms with Crippen LogP contribution in [0.4, 0.5) is 0 Å². The van der Waals surface area contributed by atoms with Gasteiger partial charge in [0.2, 0.25) is 0 Å².